The van der Waals surface area contributed by atoms with E-state index in [1.165, 1.54) is 0 Å². The Kier molecular flexibility index (Phi) is 4.17. The summed E-state index contributed by atoms with van der Waals surface area (Å²) in [6.07, 6.45) is 1.15. The largest absolute Gasteiger partial charge is 0.343 e. The van der Waals surface area contributed by atoms with E-state index in [2.05, 4.69) is 19.4 Å². The summed E-state index contributed by atoms with van der Waals surface area (Å²) < 4.78 is 31.6. The van der Waals surface area contributed by atoms with E-state index in [1.807, 2.05) is 13.0 Å². The van der Waals surface area contributed by atoms with E-state index < -0.39 is 10.0 Å². The molecule has 0 amide bonds. The highest BCUT2D eigenvalue weighted by atomic mass is 32.2. The van der Waals surface area contributed by atoms with Crippen molar-refractivity contribution in [3.8, 4) is 0 Å². The molecule has 0 atom stereocenters. The summed E-state index contributed by atoms with van der Waals surface area (Å²) in [5.74, 6) is 0.275. The Labute approximate surface area is 117 Å². The molecule has 0 aliphatic heterocycles. The molecule has 2 aromatic rings. The number of hydrogen-bond donors (Lipinski definition) is 2. The second kappa shape index (κ2) is 5.70. The van der Waals surface area contributed by atoms with Crippen molar-refractivity contribution >= 4 is 10.0 Å². The lowest BCUT2D eigenvalue weighted by Gasteiger charge is -2.12. The number of nitrogens with one attached hydrogen (secondary N) is 1. The van der Waals surface area contributed by atoms with Gasteiger partial charge in [-0.1, -0.05) is 11.2 Å². The van der Waals surface area contributed by atoms with Gasteiger partial charge in [0, 0.05) is 6.54 Å². The minimum absolute atomic E-state index is 0.0237. The lowest BCUT2D eigenvalue weighted by atomic mass is 10.1. The van der Waals surface area contributed by atoms with Gasteiger partial charge in [-0.2, -0.15) is 4.98 Å². The van der Waals surface area contributed by atoms with Crippen LogP contribution >= 0.6 is 0 Å². The van der Waals surface area contributed by atoms with Crippen molar-refractivity contribution in [2.75, 3.05) is 0 Å². The fraction of sp³-hybridized carbons (Fsp3) is 0.333. The monoisotopic (exact) mass is 296 g/mol. The molecule has 0 unspecified atom stereocenters. The molecule has 7 nitrogen and oxygen atoms in total. The Morgan fingerprint density at radius 3 is 2.65 bits per heavy atom. The summed E-state index contributed by atoms with van der Waals surface area (Å²) in [4.78, 5) is 3.97. The number of aryl methyl sites for hydroxylation is 2. The van der Waals surface area contributed by atoms with E-state index in [0.717, 1.165) is 17.5 Å². The third-order valence-electron chi connectivity index (χ3n) is 2.97. The summed E-state index contributed by atoms with van der Waals surface area (Å²) in [6.45, 7) is 3.91. The molecule has 0 fully saturated rings. The standard InChI is InChI=1S/C12H16N4O3S/c1-8-3-9(2)11(4-10(8)5-13)20(17,18)15-6-12-14-7-19-16-12/h3-4,7,15H,5-6,13H2,1-2H3. The van der Waals surface area contributed by atoms with Crippen LogP contribution in [0.3, 0.4) is 0 Å². The van der Waals surface area contributed by atoms with Crippen LogP contribution in [0.1, 0.15) is 22.5 Å². The highest BCUT2D eigenvalue weighted by molar-refractivity contribution is 7.89. The number of nitrogens with zero attached hydrogens (tertiary/aromatic N) is 2. The van der Waals surface area contributed by atoms with Crippen LogP contribution in [-0.2, 0) is 23.1 Å². The van der Waals surface area contributed by atoms with Crippen LogP contribution in [0.25, 0.3) is 0 Å². The Hall–Kier alpha value is -1.77. The van der Waals surface area contributed by atoms with E-state index >= 15 is 0 Å². The third-order valence-corrected chi connectivity index (χ3v) is 4.51. The van der Waals surface area contributed by atoms with Crippen molar-refractivity contribution in [3.05, 3.63) is 41.0 Å². The van der Waals surface area contributed by atoms with Crippen molar-refractivity contribution in [2.24, 2.45) is 5.73 Å². The van der Waals surface area contributed by atoms with Gasteiger partial charge in [0.1, 0.15) is 0 Å². The normalized spacial score (nSPS) is 11.8. The average Bonchev–Trinajstić information content (AvgIpc) is 2.89. The minimum Gasteiger partial charge on any atom is -0.343 e. The molecule has 0 saturated heterocycles. The molecule has 108 valence electrons. The van der Waals surface area contributed by atoms with Gasteiger partial charge < -0.3 is 10.3 Å². The number of nitrogens with two attached hydrogens (primary N) is 1. The van der Waals surface area contributed by atoms with Crippen LogP contribution in [-0.4, -0.2) is 18.6 Å². The van der Waals surface area contributed by atoms with Gasteiger partial charge in [-0.25, -0.2) is 13.1 Å². The van der Waals surface area contributed by atoms with Gasteiger partial charge >= 0.3 is 0 Å². The Balaban J connectivity index is 2.29. The summed E-state index contributed by atoms with van der Waals surface area (Å²) >= 11 is 0. The van der Waals surface area contributed by atoms with Crippen molar-refractivity contribution in [1.82, 2.24) is 14.9 Å². The maximum absolute atomic E-state index is 12.3. The highest BCUT2D eigenvalue weighted by Gasteiger charge is 2.18. The molecule has 3 N–H and O–H groups in total. The van der Waals surface area contributed by atoms with Gasteiger partial charge in [0.2, 0.25) is 16.4 Å². The first-order chi connectivity index (χ1) is 9.44. The van der Waals surface area contributed by atoms with Gasteiger partial charge in [0.15, 0.2) is 5.82 Å². The smallest absolute Gasteiger partial charge is 0.241 e. The molecule has 2 rings (SSSR count). The second-order valence-corrected chi connectivity index (χ2v) is 6.16. The van der Waals surface area contributed by atoms with Gasteiger partial charge in [0.25, 0.3) is 0 Å². The predicted octanol–water partition coefficient (Wildman–Crippen LogP) is 0.624. The van der Waals surface area contributed by atoms with Crippen LogP contribution in [0.15, 0.2) is 27.9 Å². The van der Waals surface area contributed by atoms with Crippen molar-refractivity contribution < 1.29 is 12.9 Å². The maximum Gasteiger partial charge on any atom is 0.241 e. The third kappa shape index (κ3) is 3.03. The molecule has 1 heterocycles. The summed E-state index contributed by atoms with van der Waals surface area (Å²) in [5.41, 5.74) is 8.06. The zero-order valence-corrected chi connectivity index (χ0v) is 12.1. The number of hydrogen-bond acceptors (Lipinski definition) is 6. The van der Waals surface area contributed by atoms with Crippen LogP contribution in [0.2, 0.25) is 0 Å². The van der Waals surface area contributed by atoms with E-state index in [1.54, 1.807) is 13.0 Å². The molecule has 0 aliphatic rings. The molecule has 0 bridgehead atoms. The van der Waals surface area contributed by atoms with Gasteiger partial charge in [0.05, 0.1) is 11.4 Å². The van der Waals surface area contributed by atoms with E-state index in [-0.39, 0.29) is 17.3 Å². The fourth-order valence-corrected chi connectivity index (χ4v) is 3.15. The maximum atomic E-state index is 12.3. The molecule has 0 spiro atoms. The van der Waals surface area contributed by atoms with Crippen molar-refractivity contribution in [1.29, 1.82) is 0 Å². The summed E-state index contributed by atoms with van der Waals surface area (Å²) in [5, 5.41) is 3.55. The van der Waals surface area contributed by atoms with Gasteiger partial charge in [-0.15, -0.1) is 0 Å². The molecule has 0 radical (unpaired) electrons. The Morgan fingerprint density at radius 1 is 1.30 bits per heavy atom. The molecule has 0 aliphatic carbocycles. The van der Waals surface area contributed by atoms with E-state index in [0.29, 0.717) is 12.1 Å². The molecular formula is C12H16N4O3S. The first-order valence-electron chi connectivity index (χ1n) is 5.99. The van der Waals surface area contributed by atoms with Crippen LogP contribution in [0, 0.1) is 13.8 Å². The quantitative estimate of drug-likeness (QED) is 0.837. The van der Waals surface area contributed by atoms with Crippen molar-refractivity contribution in [3.63, 3.8) is 0 Å². The van der Waals surface area contributed by atoms with E-state index in [4.69, 9.17) is 5.73 Å². The molecular weight excluding hydrogens is 280 g/mol. The molecule has 0 saturated carbocycles. The SMILES string of the molecule is Cc1cc(C)c(S(=O)(=O)NCc2ncon2)cc1CN. The van der Waals surface area contributed by atoms with Gasteiger partial charge in [-0.05, 0) is 36.6 Å². The number of rotatable bonds is 5. The first-order valence-corrected chi connectivity index (χ1v) is 7.47. The topological polar surface area (TPSA) is 111 Å². The van der Waals surface area contributed by atoms with Crippen molar-refractivity contribution in [2.45, 2.75) is 31.8 Å². The zero-order chi connectivity index (χ0) is 14.8. The average molecular weight is 296 g/mol. The molecule has 20 heavy (non-hydrogen) atoms. The minimum atomic E-state index is -3.64. The molecule has 8 heteroatoms. The highest BCUT2D eigenvalue weighted by Crippen LogP contribution is 2.20. The fourth-order valence-electron chi connectivity index (χ4n) is 1.89. The number of aromatic nitrogens is 2. The zero-order valence-electron chi connectivity index (χ0n) is 11.3. The number of benzene rings is 1. The second-order valence-electron chi connectivity index (χ2n) is 4.42. The van der Waals surface area contributed by atoms with Crippen LogP contribution in [0.4, 0.5) is 0 Å². The molecule has 1 aromatic heterocycles. The lowest BCUT2D eigenvalue weighted by Crippen LogP contribution is -2.25. The summed E-state index contributed by atoms with van der Waals surface area (Å²) in [7, 11) is -3.64. The lowest BCUT2D eigenvalue weighted by molar-refractivity contribution is 0.409. The molecule has 1 aromatic carbocycles. The Morgan fingerprint density at radius 2 is 2.05 bits per heavy atom. The summed E-state index contributed by atoms with van der Waals surface area (Å²) in [6, 6.07) is 3.41. The van der Waals surface area contributed by atoms with Gasteiger partial charge in [-0.3, -0.25) is 0 Å². The Bertz CT molecular complexity index is 696. The van der Waals surface area contributed by atoms with E-state index in [9.17, 15) is 8.42 Å². The van der Waals surface area contributed by atoms with Crippen LogP contribution < -0.4 is 10.5 Å². The predicted molar refractivity (Wildman–Crippen MR) is 72.1 cm³/mol. The first kappa shape index (κ1) is 14.6. The number of sulfonamides is 1. The van der Waals surface area contributed by atoms with Crippen LogP contribution in [0.5, 0.6) is 0 Å².